The van der Waals surface area contributed by atoms with Crippen molar-refractivity contribution in [2.24, 2.45) is 0 Å². The van der Waals surface area contributed by atoms with Crippen LogP contribution >= 0.6 is 24.0 Å². The number of para-hydroxylation sites is 1. The third-order valence-electron chi connectivity index (χ3n) is 3.84. The van der Waals surface area contributed by atoms with Crippen LogP contribution in [0.1, 0.15) is 12.0 Å². The molecule has 2 aromatic carbocycles. The predicted octanol–water partition coefficient (Wildman–Crippen LogP) is 3.47. The lowest BCUT2D eigenvalue weighted by molar-refractivity contribution is -0.123. The predicted molar refractivity (Wildman–Crippen MR) is 111 cm³/mol. The Hall–Kier alpha value is -2.71. The lowest BCUT2D eigenvalue weighted by atomic mass is 10.2. The van der Waals surface area contributed by atoms with Crippen LogP contribution in [0.3, 0.4) is 0 Å². The molecule has 0 aliphatic carbocycles. The van der Waals surface area contributed by atoms with E-state index < -0.39 is 17.1 Å². The zero-order valence-corrected chi connectivity index (χ0v) is 16.1. The number of hydrogen-bond donors (Lipinski definition) is 2. The number of thiocarbonyl (C=S) groups is 1. The van der Waals surface area contributed by atoms with Gasteiger partial charge in [-0.3, -0.25) is 14.4 Å². The molecule has 2 aromatic rings. The molecule has 1 heterocycles. The van der Waals surface area contributed by atoms with Gasteiger partial charge >= 0.3 is 0 Å². The van der Waals surface area contributed by atoms with E-state index in [4.69, 9.17) is 12.2 Å². The zero-order valence-electron chi connectivity index (χ0n) is 14.5. The molecule has 0 saturated carbocycles. The molecule has 0 bridgehead atoms. The smallest absolute Gasteiger partial charge is 0.293 e. The Kier molecular flexibility index (Phi) is 5.88. The van der Waals surface area contributed by atoms with E-state index in [9.17, 15) is 14.4 Å². The van der Waals surface area contributed by atoms with Crippen molar-refractivity contribution in [2.45, 2.75) is 18.6 Å². The molecule has 1 fully saturated rings. The molecule has 1 aliphatic heterocycles. The van der Waals surface area contributed by atoms with Gasteiger partial charge in [-0.15, -0.1) is 0 Å². The summed E-state index contributed by atoms with van der Waals surface area (Å²) in [7, 11) is 0. The van der Waals surface area contributed by atoms with Gasteiger partial charge in [0.25, 0.3) is 5.24 Å². The second-order valence-corrected chi connectivity index (χ2v) is 7.52. The van der Waals surface area contributed by atoms with E-state index in [1.807, 2.05) is 31.2 Å². The molecule has 0 aromatic heterocycles. The average Bonchev–Trinajstić information content (AvgIpc) is 2.89. The molecule has 1 aliphatic rings. The third-order valence-corrected chi connectivity index (χ3v) is 5.08. The van der Waals surface area contributed by atoms with Gasteiger partial charge in [0.2, 0.25) is 11.8 Å². The van der Waals surface area contributed by atoms with Crippen molar-refractivity contribution in [2.75, 3.05) is 10.2 Å². The Morgan fingerprint density at radius 3 is 2.59 bits per heavy atom. The molecular weight excluding hydrogens is 382 g/mol. The van der Waals surface area contributed by atoms with E-state index in [0.717, 1.165) is 27.9 Å². The summed E-state index contributed by atoms with van der Waals surface area (Å²) in [6.07, 6.45) is -0.131. The van der Waals surface area contributed by atoms with Crippen molar-refractivity contribution in [1.82, 2.24) is 5.32 Å². The van der Waals surface area contributed by atoms with Gasteiger partial charge < -0.3 is 10.6 Å². The number of hydrogen-bond acceptors (Lipinski definition) is 5. The fraction of sp³-hybridized carbons (Fsp3) is 0.158. The highest BCUT2D eigenvalue weighted by Gasteiger charge is 2.41. The number of nitrogens with zero attached hydrogens (tertiary/aromatic N) is 1. The number of amides is 3. The van der Waals surface area contributed by atoms with Gasteiger partial charge in [0, 0.05) is 12.1 Å². The van der Waals surface area contributed by atoms with Crippen molar-refractivity contribution in [1.29, 1.82) is 0 Å². The molecule has 3 rings (SSSR count). The summed E-state index contributed by atoms with van der Waals surface area (Å²) < 4.78 is 0. The molecule has 8 heteroatoms. The first kappa shape index (κ1) is 19.1. The molecule has 2 N–H and O–H groups in total. The molecule has 0 radical (unpaired) electrons. The van der Waals surface area contributed by atoms with E-state index in [1.54, 1.807) is 30.3 Å². The monoisotopic (exact) mass is 399 g/mol. The summed E-state index contributed by atoms with van der Waals surface area (Å²) in [6, 6.07) is 16.2. The largest absolute Gasteiger partial charge is 0.332 e. The first-order valence-electron chi connectivity index (χ1n) is 8.21. The number of benzene rings is 2. The van der Waals surface area contributed by atoms with Gasteiger partial charge in [-0.1, -0.05) is 30.3 Å². The molecule has 3 amide bonds. The Labute approximate surface area is 166 Å². The number of nitrogens with one attached hydrogen (secondary N) is 2. The molecule has 6 nitrogen and oxygen atoms in total. The number of carbonyl (C=O) groups is 3. The van der Waals surface area contributed by atoms with E-state index in [1.165, 1.54) is 0 Å². The fourth-order valence-electron chi connectivity index (χ4n) is 2.63. The molecule has 0 spiro atoms. The second kappa shape index (κ2) is 8.32. The van der Waals surface area contributed by atoms with Crippen LogP contribution in [0.15, 0.2) is 54.6 Å². The summed E-state index contributed by atoms with van der Waals surface area (Å²) in [5.41, 5.74) is 2.32. The van der Waals surface area contributed by atoms with E-state index in [2.05, 4.69) is 10.6 Å². The van der Waals surface area contributed by atoms with Crippen LogP contribution in [0.5, 0.6) is 0 Å². The maximum atomic E-state index is 12.5. The summed E-state index contributed by atoms with van der Waals surface area (Å²) in [4.78, 5) is 38.0. The Bertz CT molecular complexity index is 902. The Balaban J connectivity index is 1.57. The first-order valence-corrected chi connectivity index (χ1v) is 9.50. The molecule has 1 atom stereocenters. The van der Waals surface area contributed by atoms with E-state index >= 15 is 0 Å². The third kappa shape index (κ3) is 4.72. The van der Waals surface area contributed by atoms with Crippen LogP contribution in [-0.2, 0) is 9.59 Å². The van der Waals surface area contributed by atoms with E-state index in [0.29, 0.717) is 5.69 Å². The van der Waals surface area contributed by atoms with Gasteiger partial charge in [-0.05, 0) is 60.7 Å². The van der Waals surface area contributed by atoms with Crippen molar-refractivity contribution in [3.8, 4) is 0 Å². The highest BCUT2D eigenvalue weighted by molar-refractivity contribution is 8.15. The van der Waals surface area contributed by atoms with Gasteiger partial charge in [0.05, 0.1) is 5.69 Å². The molecule has 138 valence electrons. The second-order valence-electron chi connectivity index (χ2n) is 5.96. The molecule has 1 unspecified atom stereocenters. The number of anilines is 2. The van der Waals surface area contributed by atoms with Crippen LogP contribution in [0.25, 0.3) is 0 Å². The highest BCUT2D eigenvalue weighted by Crippen LogP contribution is 2.33. The lowest BCUT2D eigenvalue weighted by Gasteiger charge is -2.14. The minimum absolute atomic E-state index is 0.131. The highest BCUT2D eigenvalue weighted by atomic mass is 32.2. The van der Waals surface area contributed by atoms with Crippen molar-refractivity contribution in [3.63, 3.8) is 0 Å². The molecule has 27 heavy (non-hydrogen) atoms. The number of imide groups is 1. The average molecular weight is 399 g/mol. The minimum Gasteiger partial charge on any atom is -0.332 e. The molecule has 1 saturated heterocycles. The van der Waals surface area contributed by atoms with E-state index in [-0.39, 0.29) is 16.8 Å². The summed E-state index contributed by atoms with van der Waals surface area (Å²) in [6.45, 7) is 1.95. The van der Waals surface area contributed by atoms with Crippen LogP contribution in [0.2, 0.25) is 0 Å². The van der Waals surface area contributed by atoms with Gasteiger partial charge in [-0.25, -0.2) is 4.90 Å². The standard InChI is InChI=1S/C19H17N3O3S2/c1-12-6-5-7-13(10-12)20-18(26)21-16(23)11-15-17(24)22(19(25)27-15)14-8-3-2-4-9-14/h2-10,15H,11H2,1H3,(H2,20,21,23,26). The summed E-state index contributed by atoms with van der Waals surface area (Å²) >= 11 is 5.99. The lowest BCUT2D eigenvalue weighted by Crippen LogP contribution is -2.38. The normalized spacial score (nSPS) is 16.3. The quantitative estimate of drug-likeness (QED) is 0.767. The van der Waals surface area contributed by atoms with Crippen LogP contribution in [0.4, 0.5) is 16.2 Å². The topological polar surface area (TPSA) is 78.5 Å². The van der Waals surface area contributed by atoms with Gasteiger partial charge in [0.15, 0.2) is 5.11 Å². The number of carbonyl (C=O) groups excluding carboxylic acids is 3. The van der Waals surface area contributed by atoms with Crippen molar-refractivity contribution >= 4 is 57.5 Å². The number of thioether (sulfide) groups is 1. The van der Waals surface area contributed by atoms with Crippen molar-refractivity contribution < 1.29 is 14.4 Å². The minimum atomic E-state index is -0.764. The van der Waals surface area contributed by atoms with Crippen molar-refractivity contribution in [3.05, 3.63) is 60.2 Å². The zero-order chi connectivity index (χ0) is 19.4. The Morgan fingerprint density at radius 1 is 1.15 bits per heavy atom. The summed E-state index contributed by atoms with van der Waals surface area (Å²) in [5.74, 6) is -0.822. The summed E-state index contributed by atoms with van der Waals surface area (Å²) in [5, 5.41) is 4.47. The molecular formula is C19H17N3O3S2. The number of rotatable bonds is 4. The van der Waals surface area contributed by atoms with Gasteiger partial charge in [-0.2, -0.15) is 0 Å². The van der Waals surface area contributed by atoms with Gasteiger partial charge in [0.1, 0.15) is 5.25 Å². The number of aryl methyl sites for hydroxylation is 1. The SMILES string of the molecule is Cc1cccc(NC(=S)NC(=O)CC2SC(=O)N(c3ccccc3)C2=O)c1. The first-order chi connectivity index (χ1) is 12.9. The van der Waals surface area contributed by atoms with Crippen LogP contribution < -0.4 is 15.5 Å². The maximum Gasteiger partial charge on any atom is 0.293 e. The van der Waals surface area contributed by atoms with Crippen LogP contribution in [0, 0.1) is 6.92 Å². The fourth-order valence-corrected chi connectivity index (χ4v) is 3.85. The van der Waals surface area contributed by atoms with Crippen LogP contribution in [-0.4, -0.2) is 27.4 Å². The Morgan fingerprint density at radius 2 is 1.89 bits per heavy atom. The maximum absolute atomic E-state index is 12.5.